The quantitative estimate of drug-likeness (QED) is 0.549. The Morgan fingerprint density at radius 1 is 1.29 bits per heavy atom. The molecule has 7 nitrogen and oxygen atoms in total. The van der Waals surface area contributed by atoms with E-state index in [1.807, 2.05) is 6.92 Å². The molecule has 2 heterocycles. The zero-order valence-corrected chi connectivity index (χ0v) is 19.4. The first-order valence-corrected chi connectivity index (χ1v) is 11.6. The maximum Gasteiger partial charge on any atom is 0.396 e. The van der Waals surface area contributed by atoms with Crippen LogP contribution in [0.2, 0.25) is 0 Å². The van der Waals surface area contributed by atoms with Crippen LogP contribution >= 0.6 is 0 Å². The third-order valence-electron chi connectivity index (χ3n) is 7.03. The highest BCUT2D eigenvalue weighted by Gasteiger charge is 2.47. The summed E-state index contributed by atoms with van der Waals surface area (Å²) in [6.07, 6.45) is -3.09. The number of halogens is 4. The van der Waals surface area contributed by atoms with E-state index < -0.39 is 41.2 Å². The van der Waals surface area contributed by atoms with E-state index in [1.54, 1.807) is 11.8 Å². The Bertz CT molecular complexity index is 1110. The van der Waals surface area contributed by atoms with Crippen LogP contribution in [0.5, 0.6) is 5.75 Å². The van der Waals surface area contributed by atoms with Crippen LogP contribution in [0.4, 0.5) is 29.3 Å². The van der Waals surface area contributed by atoms with E-state index in [4.69, 9.17) is 9.15 Å². The molecular formula is C24H27F4N3O4. The summed E-state index contributed by atoms with van der Waals surface area (Å²) in [4.78, 5) is 18.4. The highest BCUT2D eigenvalue weighted by atomic mass is 19.4. The van der Waals surface area contributed by atoms with Crippen LogP contribution in [0.3, 0.4) is 0 Å². The zero-order chi connectivity index (χ0) is 25.1. The summed E-state index contributed by atoms with van der Waals surface area (Å²) in [6, 6.07) is 2.47. The van der Waals surface area contributed by atoms with Gasteiger partial charge in [-0.1, -0.05) is 6.92 Å². The second-order valence-electron chi connectivity index (χ2n) is 10.4. The van der Waals surface area contributed by atoms with Crippen molar-refractivity contribution in [2.24, 2.45) is 17.3 Å². The lowest BCUT2D eigenvalue weighted by molar-refractivity contribution is -0.130. The van der Waals surface area contributed by atoms with Gasteiger partial charge in [-0.15, -0.1) is 0 Å². The number of hydrogen-bond donors (Lipinski definition) is 2. The monoisotopic (exact) mass is 497 g/mol. The minimum Gasteiger partial charge on any atom is -0.487 e. The molecule has 3 aliphatic rings. The molecule has 1 amide bonds. The largest absolute Gasteiger partial charge is 0.487 e. The number of rotatable bonds is 7. The number of nitrogens with one attached hydrogen (secondary N) is 1. The molecule has 2 aromatic rings. The van der Waals surface area contributed by atoms with Gasteiger partial charge in [-0.2, -0.15) is 18.2 Å². The Balaban J connectivity index is 1.32. The van der Waals surface area contributed by atoms with Crippen LogP contribution in [-0.2, 0) is 6.42 Å². The summed E-state index contributed by atoms with van der Waals surface area (Å²) in [7, 11) is 0. The highest BCUT2D eigenvalue weighted by molar-refractivity contribution is 6.04. The fraction of sp³-hybridized carbons (Fsp3) is 0.583. The summed E-state index contributed by atoms with van der Waals surface area (Å²) < 4.78 is 65.3. The van der Waals surface area contributed by atoms with Crippen LogP contribution in [0.15, 0.2) is 16.5 Å². The van der Waals surface area contributed by atoms with Gasteiger partial charge < -0.3 is 24.5 Å². The molecule has 2 saturated carbocycles. The van der Waals surface area contributed by atoms with Crippen molar-refractivity contribution < 1.29 is 36.6 Å². The number of benzene rings is 1. The lowest BCUT2D eigenvalue weighted by atomic mass is 9.83. The van der Waals surface area contributed by atoms with Crippen molar-refractivity contribution in [3.05, 3.63) is 35.0 Å². The number of hydrogen-bond acceptors (Lipinski definition) is 6. The third-order valence-corrected chi connectivity index (χ3v) is 7.03. The van der Waals surface area contributed by atoms with Crippen LogP contribution in [-0.4, -0.2) is 48.0 Å². The molecule has 5 rings (SSSR count). The van der Waals surface area contributed by atoms with Crippen molar-refractivity contribution in [1.82, 2.24) is 4.98 Å². The molecule has 3 atom stereocenters. The Labute approximate surface area is 199 Å². The molecule has 2 aliphatic carbocycles. The maximum absolute atomic E-state index is 14.8. The van der Waals surface area contributed by atoms with Crippen LogP contribution in [0.25, 0.3) is 0 Å². The first-order valence-electron chi connectivity index (χ1n) is 11.6. The summed E-state index contributed by atoms with van der Waals surface area (Å²) in [5.41, 5.74) is -0.385. The van der Waals surface area contributed by atoms with E-state index in [0.29, 0.717) is 30.5 Å². The number of alkyl halides is 3. The molecule has 1 saturated heterocycles. The summed E-state index contributed by atoms with van der Waals surface area (Å²) in [5.74, 6) is -0.739. The van der Waals surface area contributed by atoms with Crippen molar-refractivity contribution in [2.45, 2.75) is 51.8 Å². The van der Waals surface area contributed by atoms with E-state index in [2.05, 4.69) is 10.3 Å². The topological polar surface area (TPSA) is 87.8 Å². The molecule has 1 aromatic heterocycles. The lowest BCUT2D eigenvalue weighted by Gasteiger charge is -2.45. The average molecular weight is 497 g/mol. The second kappa shape index (κ2) is 8.39. The van der Waals surface area contributed by atoms with Gasteiger partial charge in [0.15, 0.2) is 17.3 Å². The lowest BCUT2D eigenvalue weighted by Crippen LogP contribution is -2.56. The number of aryl methyl sites for hydroxylation is 1. The first-order chi connectivity index (χ1) is 16.4. The predicted octanol–water partition coefficient (Wildman–Crippen LogP) is 4.48. The van der Waals surface area contributed by atoms with Crippen LogP contribution < -0.4 is 15.0 Å². The minimum absolute atomic E-state index is 0.0277. The van der Waals surface area contributed by atoms with Crippen molar-refractivity contribution in [3.8, 4) is 5.75 Å². The fourth-order valence-corrected chi connectivity index (χ4v) is 5.13. The predicted molar refractivity (Wildman–Crippen MR) is 118 cm³/mol. The SMILES string of the molecule is Cc1cc(NC(=O)c2nc(N3CC(C)(CO)C3)oc2CC(F)(F)F)cc(F)c1OC1CC2C[C@@H]2C1. The van der Waals surface area contributed by atoms with Crippen molar-refractivity contribution in [2.75, 3.05) is 29.9 Å². The molecule has 35 heavy (non-hydrogen) atoms. The molecule has 190 valence electrons. The first kappa shape index (κ1) is 23.9. The van der Waals surface area contributed by atoms with E-state index >= 15 is 0 Å². The average Bonchev–Trinajstić information content (AvgIpc) is 3.14. The zero-order valence-electron chi connectivity index (χ0n) is 19.4. The van der Waals surface area contributed by atoms with Gasteiger partial charge in [0.2, 0.25) is 0 Å². The Kier molecular flexibility index (Phi) is 5.73. The van der Waals surface area contributed by atoms with Gasteiger partial charge in [0.25, 0.3) is 11.9 Å². The molecule has 11 heteroatoms. The number of anilines is 2. The van der Waals surface area contributed by atoms with Crippen LogP contribution in [0, 0.1) is 30.0 Å². The number of aromatic nitrogens is 1. The van der Waals surface area contributed by atoms with Gasteiger partial charge in [0.1, 0.15) is 12.2 Å². The fourth-order valence-electron chi connectivity index (χ4n) is 5.13. The van der Waals surface area contributed by atoms with Gasteiger partial charge in [-0.3, -0.25) is 4.79 Å². The summed E-state index contributed by atoms with van der Waals surface area (Å²) in [5, 5.41) is 11.8. The summed E-state index contributed by atoms with van der Waals surface area (Å²) in [6.45, 7) is 4.01. The molecule has 1 aliphatic heterocycles. The van der Waals surface area contributed by atoms with Gasteiger partial charge in [0.05, 0.1) is 12.7 Å². The maximum atomic E-state index is 14.8. The number of oxazole rings is 1. The van der Waals surface area contributed by atoms with Gasteiger partial charge in [-0.25, -0.2) is 4.39 Å². The highest BCUT2D eigenvalue weighted by Crippen LogP contribution is 2.52. The van der Waals surface area contributed by atoms with E-state index in [9.17, 15) is 27.5 Å². The normalized spacial score (nSPS) is 24.7. The standard InChI is InChI=1S/C24H27F4N3O4/c1-12-3-15(7-17(25)20(12)34-16-5-13-4-14(13)6-16)29-21(33)19-18(8-24(26,27)28)35-22(30-19)31-9-23(2,10-31)11-32/h3,7,13-14,16,32H,4-6,8-11H2,1-2H3,(H,29,33)/t13-,14?,16?/m1/s1. The Morgan fingerprint density at radius 3 is 2.57 bits per heavy atom. The van der Waals surface area contributed by atoms with Crippen molar-refractivity contribution >= 4 is 17.6 Å². The van der Waals surface area contributed by atoms with Gasteiger partial charge >= 0.3 is 6.18 Å². The van der Waals surface area contributed by atoms with E-state index in [0.717, 1.165) is 18.9 Å². The molecule has 2 unspecified atom stereocenters. The van der Waals surface area contributed by atoms with Crippen molar-refractivity contribution in [1.29, 1.82) is 0 Å². The molecule has 1 aromatic carbocycles. The molecule has 0 spiro atoms. The third kappa shape index (κ3) is 4.96. The number of nitrogens with zero attached hydrogens (tertiary/aromatic N) is 2. The van der Waals surface area contributed by atoms with E-state index in [-0.39, 0.29) is 30.2 Å². The Morgan fingerprint density at radius 2 is 1.97 bits per heavy atom. The number of ether oxygens (including phenoxy) is 1. The van der Waals surface area contributed by atoms with Gasteiger partial charge in [0, 0.05) is 30.3 Å². The minimum atomic E-state index is -4.62. The van der Waals surface area contributed by atoms with Crippen molar-refractivity contribution in [3.63, 3.8) is 0 Å². The number of aliphatic hydroxyl groups excluding tert-OH is 1. The number of fused-ring (bicyclic) bond motifs is 1. The summed E-state index contributed by atoms with van der Waals surface area (Å²) >= 11 is 0. The number of aliphatic hydroxyl groups is 1. The molecule has 0 radical (unpaired) electrons. The second-order valence-corrected chi connectivity index (χ2v) is 10.4. The number of carbonyl (C=O) groups is 1. The number of carbonyl (C=O) groups excluding carboxylic acids is 1. The Hall–Kier alpha value is -2.82. The molecule has 2 N–H and O–H groups in total. The smallest absolute Gasteiger partial charge is 0.396 e. The number of amides is 1. The van der Waals surface area contributed by atoms with Gasteiger partial charge in [-0.05, 0) is 49.7 Å². The molecule has 0 bridgehead atoms. The molecule has 3 fully saturated rings. The molecular weight excluding hydrogens is 470 g/mol. The van der Waals surface area contributed by atoms with E-state index in [1.165, 1.54) is 12.5 Å². The van der Waals surface area contributed by atoms with Crippen LogP contribution in [0.1, 0.15) is 48.0 Å².